The summed E-state index contributed by atoms with van der Waals surface area (Å²) in [6.07, 6.45) is 1.67. The van der Waals surface area contributed by atoms with Crippen molar-refractivity contribution in [2.45, 2.75) is 19.5 Å². The quantitative estimate of drug-likeness (QED) is 0.672. The van der Waals surface area contributed by atoms with Gasteiger partial charge in [0.25, 0.3) is 0 Å². The van der Waals surface area contributed by atoms with Gasteiger partial charge < -0.3 is 20.4 Å². The van der Waals surface area contributed by atoms with Crippen LogP contribution in [0.2, 0.25) is 0 Å². The standard InChI is InChI=1S/C17H19N5O2/c1-11(16-21-13-5-3-4-6-14(13)22-16)20-17(23)19-10-12-7-8-15(24-2)18-9-12/h3-9,11H,10H2,1-2H3,(H,21,22)(H2,19,20,23). The molecule has 7 heteroatoms. The molecular weight excluding hydrogens is 306 g/mol. The third kappa shape index (κ3) is 3.62. The number of nitrogens with one attached hydrogen (secondary N) is 3. The monoisotopic (exact) mass is 325 g/mol. The third-order valence-corrected chi connectivity index (χ3v) is 3.63. The van der Waals surface area contributed by atoms with Crippen LogP contribution in [-0.2, 0) is 6.54 Å². The van der Waals surface area contributed by atoms with Gasteiger partial charge in [-0.3, -0.25) is 0 Å². The Morgan fingerprint density at radius 1 is 1.29 bits per heavy atom. The Labute approximate surface area is 139 Å². The second kappa shape index (κ2) is 6.99. The lowest BCUT2D eigenvalue weighted by atomic mass is 10.3. The van der Waals surface area contributed by atoms with Crippen LogP contribution in [0, 0.1) is 0 Å². The molecule has 1 atom stereocenters. The summed E-state index contributed by atoms with van der Waals surface area (Å²) < 4.78 is 5.00. The van der Waals surface area contributed by atoms with Crippen LogP contribution in [0.15, 0.2) is 42.6 Å². The number of hydrogen-bond acceptors (Lipinski definition) is 4. The van der Waals surface area contributed by atoms with E-state index < -0.39 is 0 Å². The largest absolute Gasteiger partial charge is 0.481 e. The molecule has 0 spiro atoms. The molecule has 3 N–H and O–H groups in total. The molecule has 3 aromatic rings. The second-order valence-electron chi connectivity index (χ2n) is 5.40. The first-order valence-electron chi connectivity index (χ1n) is 7.63. The summed E-state index contributed by atoms with van der Waals surface area (Å²) in [6.45, 7) is 2.27. The van der Waals surface area contributed by atoms with Gasteiger partial charge in [-0.05, 0) is 24.6 Å². The first kappa shape index (κ1) is 15.8. The zero-order valence-corrected chi connectivity index (χ0v) is 13.5. The minimum absolute atomic E-state index is 0.230. The molecule has 3 rings (SSSR count). The molecule has 2 amide bonds. The van der Waals surface area contributed by atoms with Crippen LogP contribution in [0.1, 0.15) is 24.4 Å². The van der Waals surface area contributed by atoms with E-state index in [0.29, 0.717) is 12.4 Å². The number of nitrogens with zero attached hydrogens (tertiary/aromatic N) is 2. The molecule has 0 aliphatic heterocycles. The molecule has 24 heavy (non-hydrogen) atoms. The maximum atomic E-state index is 12.0. The lowest BCUT2D eigenvalue weighted by Gasteiger charge is -2.12. The van der Waals surface area contributed by atoms with E-state index in [1.807, 2.05) is 37.3 Å². The highest BCUT2D eigenvalue weighted by molar-refractivity contribution is 5.76. The van der Waals surface area contributed by atoms with Gasteiger partial charge in [-0.1, -0.05) is 18.2 Å². The molecule has 1 aromatic carbocycles. The zero-order valence-electron chi connectivity index (χ0n) is 13.5. The summed E-state index contributed by atoms with van der Waals surface area (Å²) in [5, 5.41) is 5.66. The molecule has 2 heterocycles. The van der Waals surface area contributed by atoms with Crippen molar-refractivity contribution >= 4 is 17.1 Å². The van der Waals surface area contributed by atoms with Crippen LogP contribution in [0.5, 0.6) is 5.88 Å². The van der Waals surface area contributed by atoms with Gasteiger partial charge in [-0.2, -0.15) is 0 Å². The van der Waals surface area contributed by atoms with Gasteiger partial charge in [0.1, 0.15) is 5.82 Å². The fraction of sp³-hybridized carbons (Fsp3) is 0.235. The number of hydrogen-bond donors (Lipinski definition) is 3. The van der Waals surface area contributed by atoms with Gasteiger partial charge in [0.05, 0.1) is 24.2 Å². The summed E-state index contributed by atoms with van der Waals surface area (Å²) in [6, 6.07) is 10.9. The van der Waals surface area contributed by atoms with Crippen molar-refractivity contribution in [3.8, 4) is 5.88 Å². The van der Waals surface area contributed by atoms with Crippen molar-refractivity contribution in [2.24, 2.45) is 0 Å². The van der Waals surface area contributed by atoms with Crippen molar-refractivity contribution in [2.75, 3.05) is 7.11 Å². The molecule has 0 bridgehead atoms. The second-order valence-corrected chi connectivity index (χ2v) is 5.40. The number of urea groups is 1. The maximum absolute atomic E-state index is 12.0. The van der Waals surface area contributed by atoms with Crippen molar-refractivity contribution in [1.29, 1.82) is 0 Å². The highest BCUT2D eigenvalue weighted by Gasteiger charge is 2.13. The van der Waals surface area contributed by atoms with Crippen LogP contribution in [0.3, 0.4) is 0 Å². The number of imidazole rings is 1. The lowest BCUT2D eigenvalue weighted by molar-refractivity contribution is 0.237. The van der Waals surface area contributed by atoms with E-state index in [9.17, 15) is 4.79 Å². The third-order valence-electron chi connectivity index (χ3n) is 3.63. The number of para-hydroxylation sites is 2. The van der Waals surface area contributed by atoms with E-state index in [2.05, 4.69) is 25.6 Å². The number of fused-ring (bicyclic) bond motifs is 1. The molecule has 0 aliphatic carbocycles. The van der Waals surface area contributed by atoms with Crippen LogP contribution < -0.4 is 15.4 Å². The fourth-order valence-corrected chi connectivity index (χ4v) is 2.31. The molecule has 0 saturated carbocycles. The summed E-state index contributed by atoms with van der Waals surface area (Å²) >= 11 is 0. The van der Waals surface area contributed by atoms with Gasteiger partial charge in [-0.25, -0.2) is 14.8 Å². The minimum atomic E-state index is -0.265. The lowest BCUT2D eigenvalue weighted by Crippen LogP contribution is -2.37. The molecule has 2 aromatic heterocycles. The Morgan fingerprint density at radius 3 is 2.83 bits per heavy atom. The molecule has 124 valence electrons. The Balaban J connectivity index is 1.55. The Kier molecular flexibility index (Phi) is 4.60. The summed E-state index contributed by atoms with van der Waals surface area (Å²) in [5.74, 6) is 1.26. The average Bonchev–Trinajstić information content (AvgIpc) is 3.05. The molecule has 1 unspecified atom stereocenters. The number of amides is 2. The number of H-pyrrole nitrogens is 1. The van der Waals surface area contributed by atoms with Crippen molar-refractivity contribution in [3.05, 3.63) is 54.0 Å². The number of benzene rings is 1. The molecule has 0 saturated heterocycles. The van der Waals surface area contributed by atoms with E-state index in [-0.39, 0.29) is 12.1 Å². The highest BCUT2D eigenvalue weighted by atomic mass is 16.5. The van der Waals surface area contributed by atoms with E-state index in [0.717, 1.165) is 22.4 Å². The molecule has 0 fully saturated rings. The first-order valence-corrected chi connectivity index (χ1v) is 7.63. The Hall–Kier alpha value is -3.09. The normalized spacial score (nSPS) is 11.9. The minimum Gasteiger partial charge on any atom is -0.481 e. The van der Waals surface area contributed by atoms with Crippen molar-refractivity contribution < 1.29 is 9.53 Å². The van der Waals surface area contributed by atoms with Gasteiger partial charge >= 0.3 is 6.03 Å². The van der Waals surface area contributed by atoms with E-state index in [1.54, 1.807) is 19.4 Å². The first-order chi connectivity index (χ1) is 11.7. The zero-order chi connectivity index (χ0) is 16.9. The van der Waals surface area contributed by atoms with Gasteiger partial charge in [0.2, 0.25) is 5.88 Å². The molecule has 0 aliphatic rings. The van der Waals surface area contributed by atoms with Crippen LogP contribution in [0.4, 0.5) is 4.79 Å². The SMILES string of the molecule is COc1ccc(CNC(=O)NC(C)c2nc3ccccc3[nH]2)cn1. The number of aromatic amines is 1. The van der Waals surface area contributed by atoms with Crippen molar-refractivity contribution in [1.82, 2.24) is 25.6 Å². The summed E-state index contributed by atoms with van der Waals surface area (Å²) in [4.78, 5) is 23.8. The maximum Gasteiger partial charge on any atom is 0.315 e. The Bertz CT molecular complexity index is 795. The van der Waals surface area contributed by atoms with Crippen LogP contribution in [-0.4, -0.2) is 28.1 Å². The highest BCUT2D eigenvalue weighted by Crippen LogP contribution is 2.15. The Morgan fingerprint density at radius 2 is 2.12 bits per heavy atom. The topological polar surface area (TPSA) is 91.9 Å². The van der Waals surface area contributed by atoms with Crippen molar-refractivity contribution in [3.63, 3.8) is 0 Å². The predicted molar refractivity (Wildman–Crippen MR) is 90.7 cm³/mol. The number of carbonyl (C=O) groups is 1. The molecule has 0 radical (unpaired) electrons. The predicted octanol–water partition coefficient (Wildman–Crippen LogP) is 2.53. The number of aromatic nitrogens is 3. The number of carbonyl (C=O) groups excluding carboxylic acids is 1. The van der Waals surface area contributed by atoms with Crippen LogP contribution >= 0.6 is 0 Å². The number of pyridine rings is 1. The van der Waals surface area contributed by atoms with E-state index in [1.165, 1.54) is 0 Å². The fourth-order valence-electron chi connectivity index (χ4n) is 2.31. The van der Waals surface area contributed by atoms with Crippen LogP contribution in [0.25, 0.3) is 11.0 Å². The van der Waals surface area contributed by atoms with Gasteiger partial charge in [0, 0.05) is 18.8 Å². The summed E-state index contributed by atoms with van der Waals surface area (Å²) in [5.41, 5.74) is 2.72. The van der Waals surface area contributed by atoms with Gasteiger partial charge in [-0.15, -0.1) is 0 Å². The average molecular weight is 325 g/mol. The van der Waals surface area contributed by atoms with Gasteiger partial charge in [0.15, 0.2) is 0 Å². The smallest absolute Gasteiger partial charge is 0.315 e. The van der Waals surface area contributed by atoms with E-state index in [4.69, 9.17) is 4.74 Å². The molecular formula is C17H19N5O2. The number of rotatable bonds is 5. The molecule has 7 nitrogen and oxygen atoms in total. The summed E-state index contributed by atoms with van der Waals surface area (Å²) in [7, 11) is 1.56. The number of ether oxygens (including phenoxy) is 1. The number of methoxy groups -OCH3 is 1. The van der Waals surface area contributed by atoms with E-state index >= 15 is 0 Å².